The van der Waals surface area contributed by atoms with Crippen LogP contribution in [0, 0.1) is 27.7 Å². The number of methoxy groups -OCH3 is 1. The molecule has 0 unspecified atom stereocenters. The van der Waals surface area contributed by atoms with E-state index in [1.165, 1.54) is 7.11 Å². The number of carbonyl (C=O) groups is 3. The largest absolute Gasteiger partial charge is 0.495 e. The standard InChI is InChI=1S/C23H28N4O4/c1-13-7-8-19(31-6)18(11-13)24-22(29)23(30)27-26-17(5)12-20(28)25-21-15(3)9-14(2)10-16(21)4/h7-11,26H,5,12H2,1-4,6H3,(H,24,29)(H,25,28)(H,27,30). The lowest BCUT2D eigenvalue weighted by molar-refractivity contribution is -0.136. The number of hydrogen-bond acceptors (Lipinski definition) is 5. The molecule has 0 aliphatic carbocycles. The van der Waals surface area contributed by atoms with Crippen molar-refractivity contribution in [1.82, 2.24) is 10.9 Å². The lowest BCUT2D eigenvalue weighted by Crippen LogP contribution is -2.43. The molecule has 8 nitrogen and oxygen atoms in total. The maximum atomic E-state index is 12.3. The van der Waals surface area contributed by atoms with E-state index in [4.69, 9.17) is 4.74 Å². The fourth-order valence-corrected chi connectivity index (χ4v) is 3.10. The van der Waals surface area contributed by atoms with Gasteiger partial charge in [-0.2, -0.15) is 0 Å². The summed E-state index contributed by atoms with van der Waals surface area (Å²) in [5, 5.41) is 5.34. The number of hydrogen-bond donors (Lipinski definition) is 4. The quantitative estimate of drug-likeness (QED) is 0.404. The maximum Gasteiger partial charge on any atom is 0.327 e. The van der Waals surface area contributed by atoms with Crippen LogP contribution in [0.2, 0.25) is 0 Å². The lowest BCUT2D eigenvalue weighted by Gasteiger charge is -2.15. The van der Waals surface area contributed by atoms with Gasteiger partial charge >= 0.3 is 11.8 Å². The molecule has 0 bridgehead atoms. The second kappa shape index (κ2) is 10.3. The molecule has 164 valence electrons. The molecular formula is C23H28N4O4. The van der Waals surface area contributed by atoms with Crippen molar-refractivity contribution in [1.29, 1.82) is 0 Å². The van der Waals surface area contributed by atoms with Gasteiger partial charge < -0.3 is 20.8 Å². The highest BCUT2D eigenvalue weighted by atomic mass is 16.5. The van der Waals surface area contributed by atoms with Crippen LogP contribution in [0.4, 0.5) is 11.4 Å². The first-order valence-corrected chi connectivity index (χ1v) is 9.68. The van der Waals surface area contributed by atoms with Crippen LogP contribution in [-0.4, -0.2) is 24.8 Å². The van der Waals surface area contributed by atoms with Crippen molar-refractivity contribution in [2.24, 2.45) is 0 Å². The van der Waals surface area contributed by atoms with Crippen LogP contribution in [0.3, 0.4) is 0 Å². The smallest absolute Gasteiger partial charge is 0.327 e. The molecule has 0 spiro atoms. The highest BCUT2D eigenvalue weighted by Gasteiger charge is 2.17. The second-order valence-electron chi connectivity index (χ2n) is 7.34. The Morgan fingerprint density at radius 3 is 2.13 bits per heavy atom. The summed E-state index contributed by atoms with van der Waals surface area (Å²) in [7, 11) is 1.47. The molecule has 8 heteroatoms. The number of ether oxygens (including phenoxy) is 1. The van der Waals surface area contributed by atoms with E-state index in [0.717, 1.165) is 27.9 Å². The minimum atomic E-state index is -0.935. The summed E-state index contributed by atoms with van der Waals surface area (Å²) in [6.07, 6.45) is -0.0830. The zero-order valence-corrected chi connectivity index (χ0v) is 18.4. The summed E-state index contributed by atoms with van der Waals surface area (Å²) < 4.78 is 5.17. The van der Waals surface area contributed by atoms with Crippen LogP contribution in [0.25, 0.3) is 0 Å². The van der Waals surface area contributed by atoms with Crippen LogP contribution in [0.15, 0.2) is 42.6 Å². The molecule has 4 N–H and O–H groups in total. The number of nitrogens with one attached hydrogen (secondary N) is 4. The molecule has 2 aromatic carbocycles. The van der Waals surface area contributed by atoms with E-state index < -0.39 is 11.8 Å². The number of amides is 3. The van der Waals surface area contributed by atoms with Gasteiger partial charge in [0.1, 0.15) is 5.75 Å². The fourth-order valence-electron chi connectivity index (χ4n) is 3.10. The van der Waals surface area contributed by atoms with E-state index >= 15 is 0 Å². The topological polar surface area (TPSA) is 109 Å². The fraction of sp³-hybridized carbons (Fsp3) is 0.261. The predicted octanol–water partition coefficient (Wildman–Crippen LogP) is 3.03. The van der Waals surface area contributed by atoms with Gasteiger partial charge in [-0.15, -0.1) is 0 Å². The first-order valence-electron chi connectivity index (χ1n) is 9.68. The SMILES string of the molecule is C=C(CC(=O)Nc1c(C)cc(C)cc1C)NNC(=O)C(=O)Nc1cc(C)ccc1OC. The molecule has 0 radical (unpaired) electrons. The Morgan fingerprint density at radius 2 is 1.52 bits per heavy atom. The van der Waals surface area contributed by atoms with Gasteiger partial charge in [0.05, 0.1) is 19.2 Å². The Hall–Kier alpha value is -3.81. The second-order valence-corrected chi connectivity index (χ2v) is 7.34. The van der Waals surface area contributed by atoms with Crippen LogP contribution < -0.4 is 26.2 Å². The normalized spacial score (nSPS) is 10.1. The van der Waals surface area contributed by atoms with Crippen molar-refractivity contribution >= 4 is 29.1 Å². The molecule has 2 aromatic rings. The Morgan fingerprint density at radius 1 is 0.871 bits per heavy atom. The maximum absolute atomic E-state index is 12.3. The van der Waals surface area contributed by atoms with Crippen LogP contribution in [0.5, 0.6) is 5.75 Å². The van der Waals surface area contributed by atoms with Crippen molar-refractivity contribution in [3.63, 3.8) is 0 Å². The number of hydrazine groups is 1. The highest BCUT2D eigenvalue weighted by molar-refractivity contribution is 6.39. The molecular weight excluding hydrogens is 396 g/mol. The number of anilines is 2. The molecule has 31 heavy (non-hydrogen) atoms. The van der Waals surface area contributed by atoms with E-state index in [1.807, 2.05) is 45.9 Å². The first kappa shape index (κ1) is 23.5. The Bertz CT molecular complexity index is 1010. The van der Waals surface area contributed by atoms with Crippen LogP contribution >= 0.6 is 0 Å². The van der Waals surface area contributed by atoms with Crippen LogP contribution in [-0.2, 0) is 14.4 Å². The minimum absolute atomic E-state index is 0.0830. The van der Waals surface area contributed by atoms with Gasteiger partial charge in [-0.3, -0.25) is 19.8 Å². The molecule has 0 aliphatic rings. The lowest BCUT2D eigenvalue weighted by atomic mass is 10.0. The van der Waals surface area contributed by atoms with Gasteiger partial charge in [0, 0.05) is 11.4 Å². The minimum Gasteiger partial charge on any atom is -0.495 e. The van der Waals surface area contributed by atoms with Crippen molar-refractivity contribution in [2.45, 2.75) is 34.1 Å². The van der Waals surface area contributed by atoms with Gasteiger partial charge in [0.15, 0.2) is 0 Å². The summed E-state index contributed by atoms with van der Waals surface area (Å²) in [5.41, 5.74) is 10.0. The third-order valence-electron chi connectivity index (χ3n) is 4.48. The number of carbonyl (C=O) groups excluding carboxylic acids is 3. The number of aryl methyl sites for hydroxylation is 4. The molecule has 0 saturated heterocycles. The summed E-state index contributed by atoms with van der Waals surface area (Å²) in [4.78, 5) is 36.5. The monoisotopic (exact) mass is 424 g/mol. The molecule has 0 atom stereocenters. The Balaban J connectivity index is 1.86. The van der Waals surface area contributed by atoms with E-state index in [0.29, 0.717) is 11.4 Å². The molecule has 0 heterocycles. The summed E-state index contributed by atoms with van der Waals surface area (Å²) in [6, 6.07) is 9.18. The van der Waals surface area contributed by atoms with E-state index in [1.54, 1.807) is 12.1 Å². The third-order valence-corrected chi connectivity index (χ3v) is 4.48. The van der Waals surface area contributed by atoms with E-state index in [2.05, 4.69) is 28.1 Å². The van der Waals surface area contributed by atoms with Gasteiger partial charge in [0.25, 0.3) is 0 Å². The zero-order valence-electron chi connectivity index (χ0n) is 18.4. The average Bonchev–Trinajstić information content (AvgIpc) is 2.69. The highest BCUT2D eigenvalue weighted by Crippen LogP contribution is 2.25. The summed E-state index contributed by atoms with van der Waals surface area (Å²) >= 11 is 0. The molecule has 2 rings (SSSR count). The van der Waals surface area contributed by atoms with Crippen LogP contribution in [0.1, 0.15) is 28.7 Å². The van der Waals surface area contributed by atoms with Gasteiger partial charge in [-0.25, -0.2) is 0 Å². The number of benzene rings is 2. The molecule has 0 aromatic heterocycles. The average molecular weight is 425 g/mol. The van der Waals surface area contributed by atoms with Crippen molar-refractivity contribution < 1.29 is 19.1 Å². The van der Waals surface area contributed by atoms with Gasteiger partial charge in [0.2, 0.25) is 5.91 Å². The molecule has 0 saturated carbocycles. The van der Waals surface area contributed by atoms with E-state index in [-0.39, 0.29) is 18.0 Å². The Labute approximate surface area is 182 Å². The molecule has 3 amide bonds. The molecule has 0 aliphatic heterocycles. The molecule has 0 fully saturated rings. The summed E-state index contributed by atoms with van der Waals surface area (Å²) in [6.45, 7) is 11.4. The first-order chi connectivity index (χ1) is 14.6. The van der Waals surface area contributed by atoms with Gasteiger partial charge in [-0.1, -0.05) is 30.3 Å². The predicted molar refractivity (Wildman–Crippen MR) is 121 cm³/mol. The van der Waals surface area contributed by atoms with Crippen molar-refractivity contribution in [3.05, 3.63) is 64.9 Å². The number of rotatable bonds is 7. The van der Waals surface area contributed by atoms with E-state index in [9.17, 15) is 14.4 Å². The third kappa shape index (κ3) is 6.60. The van der Waals surface area contributed by atoms with Crippen molar-refractivity contribution in [3.8, 4) is 5.75 Å². The summed E-state index contributed by atoms with van der Waals surface area (Å²) in [5.74, 6) is -1.69. The Kier molecular flexibility index (Phi) is 7.79. The van der Waals surface area contributed by atoms with Crippen molar-refractivity contribution in [2.75, 3.05) is 17.7 Å². The zero-order chi connectivity index (χ0) is 23.1. The van der Waals surface area contributed by atoms with Gasteiger partial charge in [-0.05, 0) is 56.5 Å².